The molecule has 0 aliphatic rings. The quantitative estimate of drug-likeness (QED) is 0.609. The van der Waals surface area contributed by atoms with Crippen molar-refractivity contribution in [2.75, 3.05) is 11.6 Å². The van der Waals surface area contributed by atoms with Gasteiger partial charge in [0.1, 0.15) is 5.69 Å². The second-order valence-electron chi connectivity index (χ2n) is 4.43. The molecule has 4 heteroatoms. The Kier molecular flexibility index (Phi) is 4.13. The van der Waals surface area contributed by atoms with Crippen LogP contribution in [-0.2, 0) is 6.42 Å². The Morgan fingerprint density at radius 3 is 2.26 bits per heavy atom. The third kappa shape index (κ3) is 3.55. The highest BCUT2D eigenvalue weighted by atomic mass is 16.7. The Morgan fingerprint density at radius 2 is 1.68 bits per heavy atom. The van der Waals surface area contributed by atoms with Crippen LogP contribution < -0.4 is 5.01 Å². The van der Waals surface area contributed by atoms with Gasteiger partial charge in [0.05, 0.1) is 6.54 Å². The molecule has 98 valence electrons. The van der Waals surface area contributed by atoms with E-state index in [1.165, 1.54) is 5.01 Å². The molecule has 0 saturated heterocycles. The molecule has 0 atom stereocenters. The molecular formula is C15H16N2O2. The number of hydrogen-bond donors (Lipinski definition) is 0. The highest BCUT2D eigenvalue weighted by molar-refractivity contribution is 5.45. The zero-order valence-electron chi connectivity index (χ0n) is 10.8. The monoisotopic (exact) mass is 256 g/mol. The standard InChI is InChI=1S/C15H16N2O2/c1-13-7-9-15(10-8-13)16(17(18)19)12-11-14-5-3-2-4-6-14/h2-10H,11-12H2,1H3. The third-order valence-electron chi connectivity index (χ3n) is 2.98. The number of hydrazine groups is 1. The van der Waals surface area contributed by atoms with Crippen molar-refractivity contribution in [3.63, 3.8) is 0 Å². The minimum Gasteiger partial charge on any atom is -0.234 e. The first-order valence-corrected chi connectivity index (χ1v) is 6.19. The van der Waals surface area contributed by atoms with Gasteiger partial charge in [0.15, 0.2) is 5.03 Å². The van der Waals surface area contributed by atoms with Gasteiger partial charge in [-0.15, -0.1) is 0 Å². The number of nitrogens with zero attached hydrogens (tertiary/aromatic N) is 2. The fourth-order valence-corrected chi connectivity index (χ4v) is 1.90. The van der Waals surface area contributed by atoms with Gasteiger partial charge < -0.3 is 0 Å². The third-order valence-corrected chi connectivity index (χ3v) is 2.98. The molecule has 0 saturated carbocycles. The number of nitro groups is 1. The van der Waals surface area contributed by atoms with Crippen LogP contribution in [0.1, 0.15) is 11.1 Å². The second-order valence-corrected chi connectivity index (χ2v) is 4.43. The van der Waals surface area contributed by atoms with Gasteiger partial charge in [-0.3, -0.25) is 0 Å². The number of aryl methyl sites for hydroxylation is 1. The molecule has 0 aliphatic carbocycles. The first kappa shape index (κ1) is 13.1. The van der Waals surface area contributed by atoms with E-state index in [0.29, 0.717) is 18.7 Å². The molecule has 0 heterocycles. The van der Waals surface area contributed by atoms with Crippen molar-refractivity contribution in [2.45, 2.75) is 13.3 Å². The summed E-state index contributed by atoms with van der Waals surface area (Å²) in [5.74, 6) is 0. The number of hydrogen-bond acceptors (Lipinski definition) is 2. The fourth-order valence-electron chi connectivity index (χ4n) is 1.90. The minimum atomic E-state index is -0.354. The van der Waals surface area contributed by atoms with Gasteiger partial charge in [0, 0.05) is 0 Å². The van der Waals surface area contributed by atoms with Crippen molar-refractivity contribution in [1.29, 1.82) is 0 Å². The average molecular weight is 256 g/mol. The molecule has 0 bridgehead atoms. The summed E-state index contributed by atoms with van der Waals surface area (Å²) in [7, 11) is 0. The zero-order chi connectivity index (χ0) is 13.7. The van der Waals surface area contributed by atoms with E-state index in [9.17, 15) is 10.1 Å². The molecule has 0 spiro atoms. The van der Waals surface area contributed by atoms with Crippen LogP contribution in [0.4, 0.5) is 5.69 Å². The van der Waals surface area contributed by atoms with Crippen LogP contribution in [0, 0.1) is 17.0 Å². The van der Waals surface area contributed by atoms with Crippen molar-refractivity contribution in [3.8, 4) is 0 Å². The van der Waals surface area contributed by atoms with E-state index in [2.05, 4.69) is 0 Å². The molecule has 2 aromatic carbocycles. The van der Waals surface area contributed by atoms with Crippen molar-refractivity contribution in [3.05, 3.63) is 75.8 Å². The Morgan fingerprint density at radius 1 is 1.05 bits per heavy atom. The molecule has 19 heavy (non-hydrogen) atoms. The van der Waals surface area contributed by atoms with Crippen LogP contribution in [-0.4, -0.2) is 11.6 Å². The summed E-state index contributed by atoms with van der Waals surface area (Å²) in [6.45, 7) is 2.32. The Balaban J connectivity index is 2.09. The predicted octanol–water partition coefficient (Wildman–Crippen LogP) is 3.24. The lowest BCUT2D eigenvalue weighted by molar-refractivity contribution is -0.494. The SMILES string of the molecule is Cc1ccc(N(CCc2ccccc2)[N+](=O)[O-])cc1. The molecule has 0 aliphatic heterocycles. The lowest BCUT2D eigenvalue weighted by Crippen LogP contribution is -2.31. The molecule has 0 fully saturated rings. The highest BCUT2D eigenvalue weighted by Crippen LogP contribution is 2.15. The summed E-state index contributed by atoms with van der Waals surface area (Å²) >= 11 is 0. The van der Waals surface area contributed by atoms with Gasteiger partial charge in [-0.05, 0) is 31.0 Å². The molecule has 0 aromatic heterocycles. The van der Waals surface area contributed by atoms with E-state index in [1.54, 1.807) is 12.1 Å². The minimum absolute atomic E-state index is 0.354. The molecule has 4 nitrogen and oxygen atoms in total. The largest absolute Gasteiger partial charge is 0.234 e. The molecule has 0 amide bonds. The second kappa shape index (κ2) is 6.00. The van der Waals surface area contributed by atoms with E-state index in [1.807, 2.05) is 49.4 Å². The van der Waals surface area contributed by atoms with E-state index < -0.39 is 0 Å². The lowest BCUT2D eigenvalue weighted by atomic mass is 10.1. The van der Waals surface area contributed by atoms with Gasteiger partial charge >= 0.3 is 0 Å². The maximum atomic E-state index is 11.1. The first-order chi connectivity index (χ1) is 9.16. The zero-order valence-corrected chi connectivity index (χ0v) is 10.8. The lowest BCUT2D eigenvalue weighted by Gasteiger charge is -2.14. The van der Waals surface area contributed by atoms with Crippen LogP contribution in [0.5, 0.6) is 0 Å². The molecule has 0 radical (unpaired) electrons. The number of benzene rings is 2. The van der Waals surface area contributed by atoms with Gasteiger partial charge in [0.25, 0.3) is 0 Å². The Labute approximate surface area is 112 Å². The first-order valence-electron chi connectivity index (χ1n) is 6.19. The van der Waals surface area contributed by atoms with Crippen LogP contribution in [0.15, 0.2) is 54.6 Å². The number of rotatable bonds is 5. The van der Waals surface area contributed by atoms with Crippen molar-refractivity contribution in [1.82, 2.24) is 0 Å². The normalized spacial score (nSPS) is 10.2. The summed E-state index contributed by atoms with van der Waals surface area (Å²) in [5, 5.41) is 12.0. The van der Waals surface area contributed by atoms with Gasteiger partial charge in [-0.25, -0.2) is 10.1 Å². The highest BCUT2D eigenvalue weighted by Gasteiger charge is 2.16. The Bertz CT molecular complexity index is 538. The van der Waals surface area contributed by atoms with Gasteiger partial charge in [-0.2, -0.15) is 0 Å². The predicted molar refractivity (Wildman–Crippen MR) is 75.7 cm³/mol. The Hall–Kier alpha value is -2.36. The fraction of sp³-hybridized carbons (Fsp3) is 0.200. The smallest absolute Gasteiger partial charge is 0.165 e. The molecule has 0 unspecified atom stereocenters. The summed E-state index contributed by atoms with van der Waals surface area (Å²) < 4.78 is 0. The summed E-state index contributed by atoms with van der Waals surface area (Å²) in [6, 6.07) is 17.1. The number of anilines is 1. The van der Waals surface area contributed by atoms with Crippen LogP contribution in [0.2, 0.25) is 0 Å². The summed E-state index contributed by atoms with van der Waals surface area (Å²) in [6.07, 6.45) is 0.649. The average Bonchev–Trinajstić information content (AvgIpc) is 2.42. The van der Waals surface area contributed by atoms with Crippen LogP contribution >= 0.6 is 0 Å². The van der Waals surface area contributed by atoms with Gasteiger partial charge in [-0.1, -0.05) is 53.0 Å². The maximum Gasteiger partial charge on any atom is 0.165 e. The molecule has 2 aromatic rings. The van der Waals surface area contributed by atoms with E-state index in [0.717, 1.165) is 11.1 Å². The maximum absolute atomic E-state index is 11.1. The molecule has 0 N–H and O–H groups in total. The summed E-state index contributed by atoms with van der Waals surface area (Å²) in [5.41, 5.74) is 2.81. The topological polar surface area (TPSA) is 46.4 Å². The van der Waals surface area contributed by atoms with Crippen LogP contribution in [0.3, 0.4) is 0 Å². The van der Waals surface area contributed by atoms with Crippen molar-refractivity contribution >= 4 is 5.69 Å². The molecular weight excluding hydrogens is 240 g/mol. The van der Waals surface area contributed by atoms with Crippen molar-refractivity contribution < 1.29 is 5.03 Å². The van der Waals surface area contributed by atoms with Gasteiger partial charge in [0.2, 0.25) is 0 Å². The van der Waals surface area contributed by atoms with E-state index >= 15 is 0 Å². The van der Waals surface area contributed by atoms with Crippen LogP contribution in [0.25, 0.3) is 0 Å². The van der Waals surface area contributed by atoms with E-state index in [-0.39, 0.29) is 5.03 Å². The summed E-state index contributed by atoms with van der Waals surface area (Å²) in [4.78, 5) is 11.1. The van der Waals surface area contributed by atoms with Crippen molar-refractivity contribution in [2.24, 2.45) is 0 Å². The molecule has 2 rings (SSSR count). The van der Waals surface area contributed by atoms with E-state index in [4.69, 9.17) is 0 Å².